The summed E-state index contributed by atoms with van der Waals surface area (Å²) in [4.78, 5) is 141. The Morgan fingerprint density at radius 3 is 0.938 bits per heavy atom. The highest BCUT2D eigenvalue weighted by Crippen LogP contribution is 2.40. The lowest BCUT2D eigenvalue weighted by atomic mass is 10.1. The predicted molar refractivity (Wildman–Crippen MR) is 239 cm³/mol. The van der Waals surface area contributed by atoms with Gasteiger partial charge >= 0.3 is 22.8 Å². The van der Waals surface area contributed by atoms with Gasteiger partial charge in [-0.2, -0.15) is 0 Å². The number of carbonyl (C=O) groups excluding carboxylic acids is 4. The Morgan fingerprint density at radius 1 is 0.438 bits per heavy atom. The van der Waals surface area contributed by atoms with Crippen LogP contribution in [0.2, 0.25) is 0 Å². The molecule has 40 heteroatoms. The monoisotopic (exact) mass is 1170 g/mol. The molecule has 8 heterocycles. The van der Waals surface area contributed by atoms with E-state index in [0.717, 1.165) is 6.20 Å². The van der Waals surface area contributed by atoms with Gasteiger partial charge in [-0.05, 0) is 0 Å². The fourth-order valence-corrected chi connectivity index (χ4v) is 7.00. The second-order valence-electron chi connectivity index (χ2n) is 16.4. The molecule has 4 aromatic rings. The lowest BCUT2D eigenvalue weighted by molar-refractivity contribution is -0.207. The summed E-state index contributed by atoms with van der Waals surface area (Å²) >= 11 is 0. The number of alkyl halides is 4. The van der Waals surface area contributed by atoms with E-state index in [1.165, 1.54) is 0 Å². The van der Waals surface area contributed by atoms with Crippen LogP contribution in [0.15, 0.2) is 63.1 Å². The number of halogens is 4. The Labute approximate surface area is 442 Å². The average Bonchev–Trinajstić information content (AvgIpc) is 1.75. The van der Waals surface area contributed by atoms with Gasteiger partial charge in [-0.3, -0.25) is 76.6 Å². The molecule has 4 aromatic heterocycles. The molecule has 4 aliphatic heterocycles. The molecular formula is C40H44F4N8O28. The van der Waals surface area contributed by atoms with E-state index in [9.17, 15) is 116 Å². The Morgan fingerprint density at radius 2 is 0.675 bits per heavy atom. The number of aromatic nitrogens is 8. The van der Waals surface area contributed by atoms with Gasteiger partial charge in [-0.1, -0.05) is 0 Å². The van der Waals surface area contributed by atoms with Crippen LogP contribution >= 0.6 is 0 Å². The zero-order valence-electron chi connectivity index (χ0n) is 45.0. The summed E-state index contributed by atoms with van der Waals surface area (Å²) in [7, 11) is 0. The molecule has 16 N–H and O–H groups in total. The number of aromatic amines is 4. The van der Waals surface area contributed by atoms with Crippen molar-refractivity contribution in [1.29, 1.82) is 0 Å². The number of ether oxygens (including phenoxy) is 4. The first-order valence-corrected chi connectivity index (χ1v) is 21.3. The largest absolute Gasteiger partial charge is 0.390 e. The van der Waals surface area contributed by atoms with E-state index in [1.54, 1.807) is 19.9 Å². The molecule has 16 atom stereocenters. The number of aliphatic hydroxyl groups excluding tert-OH is 10. The third-order valence-electron chi connectivity index (χ3n) is 11.3. The minimum atomic E-state index is -3.95. The summed E-state index contributed by atoms with van der Waals surface area (Å²) in [5.41, 5.74) is -11.3. The number of H-pyrrole nitrogens is 4. The number of nitrogens with zero attached hydrogens (tertiary/aromatic N) is 4. The topological polar surface area (TPSA) is 567 Å². The van der Waals surface area contributed by atoms with Crippen LogP contribution < -0.4 is 45.0 Å². The highest BCUT2D eigenvalue weighted by Gasteiger charge is 2.59. The highest BCUT2D eigenvalue weighted by atomic mass is 19.2. The molecule has 80 heavy (non-hydrogen) atoms. The molecule has 8 rings (SSSR count). The first kappa shape index (κ1) is 54.4. The van der Waals surface area contributed by atoms with Crippen LogP contribution in [-0.2, 0) is 18.9 Å². The molecule has 4 fully saturated rings. The molecule has 0 spiro atoms. The zero-order valence-corrected chi connectivity index (χ0v) is 39.0. The van der Waals surface area contributed by atoms with E-state index in [-0.39, 0.29) is 34.3 Å². The Bertz CT molecular complexity index is 3770. The molecule has 0 aliphatic carbocycles. The minimum Gasteiger partial charge on any atom is -0.390 e. The third-order valence-corrected chi connectivity index (χ3v) is 11.3. The van der Waals surface area contributed by atoms with Crippen molar-refractivity contribution in [3.05, 3.63) is 130 Å². The number of rotatable bonds is 12. The number of aldehydes is 4. The van der Waals surface area contributed by atoms with E-state index >= 15 is 0 Å². The Kier molecular flexibility index (Phi) is 16.6. The lowest BCUT2D eigenvalue weighted by Gasteiger charge is -2.19. The molecule has 440 valence electrons. The molecule has 4 aliphatic rings. The maximum absolute atomic E-state index is 14.4. The Hall–Kier alpha value is -7.52. The van der Waals surface area contributed by atoms with Gasteiger partial charge < -0.3 is 80.2 Å². The summed E-state index contributed by atoms with van der Waals surface area (Å²) < 4.78 is 119. The van der Waals surface area contributed by atoms with Crippen molar-refractivity contribution in [2.24, 2.45) is 0 Å². The molecule has 4 saturated heterocycles. The normalized spacial score (nSPS) is 36.6. The van der Waals surface area contributed by atoms with Crippen LogP contribution in [0.4, 0.5) is 17.6 Å². The zero-order chi connectivity index (χ0) is 65.7. The van der Waals surface area contributed by atoms with Gasteiger partial charge in [0.15, 0.2) is 50.0 Å². The number of hydrogen-bond acceptors (Lipinski definition) is 28. The predicted octanol–water partition coefficient (Wildman–Crippen LogP) is -11.0. The number of nitrogens with one attached hydrogen (secondary N) is 4. The summed E-state index contributed by atoms with van der Waals surface area (Å²) in [5.74, 6) is -13.8. The van der Waals surface area contributed by atoms with Crippen molar-refractivity contribution >= 4 is 25.1 Å². The van der Waals surface area contributed by atoms with Crippen molar-refractivity contribution in [2.75, 3.05) is 26.3 Å². The van der Waals surface area contributed by atoms with Gasteiger partial charge in [0.25, 0.3) is 45.7 Å². The third kappa shape index (κ3) is 12.0. The van der Waals surface area contributed by atoms with Crippen LogP contribution in [0, 0.1) is 0 Å². The highest BCUT2D eigenvalue weighted by molar-refractivity contribution is 5.74. The van der Waals surface area contributed by atoms with Gasteiger partial charge in [0.05, 0.1) is 30.5 Å². The summed E-state index contributed by atoms with van der Waals surface area (Å²) in [6, 6.07) is 0. The molecule has 0 saturated carbocycles. The SMILES string of the molecule is O=Cc1cn([C@@H]2O[C@](F)(CO)[C@@H](O)[C@H]2O)c(=O)[nH]c1=O.[2H]C([2H])(O)[C@@]1(F)O[C@@H](n2cc(C=O)c(=O)[nH]c2=O)[C@H](O)[C@@H]1O.[2H]C([2H])(O)[C@@]1(F)O[C@@]([2H])(n2cc(C=O)c(=O)[nH]c2=O)[C@H](O)[C@@H]1O.[2H][C@@]1(n2cc(C=O)c(=O)[nH]c2=O)O[C@](F)(CO)[C@@H](O)[C@H]1O. The quantitative estimate of drug-likeness (QED) is 0.0463. The van der Waals surface area contributed by atoms with Crippen LogP contribution in [0.5, 0.6) is 0 Å². The smallest absolute Gasteiger partial charge is 0.330 e. The van der Waals surface area contributed by atoms with Gasteiger partial charge in [-0.15, -0.1) is 0 Å². The van der Waals surface area contributed by atoms with Gasteiger partial charge in [0, 0.05) is 24.8 Å². The first-order valence-electron chi connectivity index (χ1n) is 24.3. The fourth-order valence-electron chi connectivity index (χ4n) is 7.00. The number of hydrogen-bond donors (Lipinski definition) is 16. The molecule has 0 radical (unpaired) electrons. The number of aliphatic hydroxyl groups is 12. The molecule has 0 bridgehead atoms. The molecule has 0 unspecified atom stereocenters. The van der Waals surface area contributed by atoms with Crippen molar-refractivity contribution < 1.29 is 125 Å². The van der Waals surface area contributed by atoms with E-state index < -0.39 is 191 Å². The van der Waals surface area contributed by atoms with Crippen molar-refractivity contribution in [2.45, 2.75) is 97.1 Å². The van der Waals surface area contributed by atoms with Gasteiger partial charge in [0.2, 0.25) is 0 Å². The van der Waals surface area contributed by atoms with E-state index in [1.807, 2.05) is 0 Å². The van der Waals surface area contributed by atoms with E-state index in [0.29, 0.717) is 27.7 Å². The summed E-state index contributed by atoms with van der Waals surface area (Å²) in [6.07, 6.45) is -25.5. The minimum absolute atomic E-state index is 0.00387. The van der Waals surface area contributed by atoms with Crippen molar-refractivity contribution in [1.82, 2.24) is 38.2 Å². The molecule has 36 nitrogen and oxygen atoms in total. The second kappa shape index (κ2) is 24.5. The average molecular weight is 1170 g/mol. The van der Waals surface area contributed by atoms with Gasteiger partial charge in [-0.25, -0.2) is 36.7 Å². The van der Waals surface area contributed by atoms with Crippen LogP contribution in [-0.4, -0.2) is 223 Å². The molecular weight excluding hydrogens is 1120 g/mol. The van der Waals surface area contributed by atoms with Crippen LogP contribution in [0.3, 0.4) is 0 Å². The maximum Gasteiger partial charge on any atom is 0.330 e. The van der Waals surface area contributed by atoms with Crippen molar-refractivity contribution in [3.63, 3.8) is 0 Å². The first-order chi connectivity index (χ1) is 39.4. The number of carbonyl (C=O) groups is 4. The Balaban J connectivity index is 0.000000210. The maximum atomic E-state index is 14.4. The van der Waals surface area contributed by atoms with E-state index in [4.69, 9.17) is 28.7 Å². The van der Waals surface area contributed by atoms with E-state index in [2.05, 4.69) is 18.9 Å². The van der Waals surface area contributed by atoms with Crippen LogP contribution in [0.1, 0.15) is 74.5 Å². The summed E-state index contributed by atoms with van der Waals surface area (Å²) in [5, 5.41) is 113. The van der Waals surface area contributed by atoms with Crippen molar-refractivity contribution in [3.8, 4) is 0 Å². The summed E-state index contributed by atoms with van der Waals surface area (Å²) in [6.45, 7) is -10.2. The fraction of sp³-hybridized carbons (Fsp3) is 0.500. The molecule has 0 aromatic carbocycles. The molecule has 0 amide bonds. The van der Waals surface area contributed by atoms with Crippen LogP contribution in [0.25, 0.3) is 0 Å². The van der Waals surface area contributed by atoms with Gasteiger partial charge in [0.1, 0.15) is 75.2 Å². The standard InChI is InChI=1S/4C10H11FN2O7/c4*11-10(3-15)6(17)5(16)8(20-10)13-1-4(2-14)7(18)12-9(13)19/h4*1-2,5-6,8,15-17H,3H2,(H,12,18,19)/t4*5-,6+,8-,10-/m1111/s1/i3D2,8D;8D;3D2;. The second-order valence-corrected chi connectivity index (χ2v) is 16.4. The lowest BCUT2D eigenvalue weighted by Crippen LogP contribution is -2.42.